The van der Waals surface area contributed by atoms with Crippen LogP contribution >= 0.6 is 0 Å². The molecule has 1 aliphatic carbocycles. The molecule has 0 saturated heterocycles. The molecule has 6 nitrogen and oxygen atoms in total. The van der Waals surface area contributed by atoms with Crippen LogP contribution in [0.3, 0.4) is 0 Å². The van der Waals surface area contributed by atoms with E-state index in [0.29, 0.717) is 5.56 Å². The Morgan fingerprint density at radius 1 is 1.21 bits per heavy atom. The summed E-state index contributed by atoms with van der Waals surface area (Å²) in [6, 6.07) is 7.92. The van der Waals surface area contributed by atoms with E-state index in [9.17, 15) is 13.2 Å². The normalized spacial score (nSPS) is 21.0. The Morgan fingerprint density at radius 3 is 2.42 bits per heavy atom. The van der Waals surface area contributed by atoms with Gasteiger partial charge in [0.05, 0.1) is 11.0 Å². The molecule has 0 heterocycles. The van der Waals surface area contributed by atoms with Crippen molar-refractivity contribution in [2.45, 2.75) is 50.0 Å². The fourth-order valence-corrected chi connectivity index (χ4v) is 3.82. The Hall–Kier alpha value is -1.91. The number of amides is 1. The van der Waals surface area contributed by atoms with E-state index >= 15 is 0 Å². The Balaban J connectivity index is 1.96. The lowest BCUT2D eigenvalue weighted by Crippen LogP contribution is -2.37. The minimum absolute atomic E-state index is 0.0706. The molecule has 0 aliphatic heterocycles. The van der Waals surface area contributed by atoms with E-state index in [-0.39, 0.29) is 29.8 Å². The summed E-state index contributed by atoms with van der Waals surface area (Å²) in [6.07, 6.45) is 4.33. The van der Waals surface area contributed by atoms with Gasteiger partial charge in [0.2, 0.25) is 10.0 Å². The number of carbonyl (C=O) groups excluding carboxylic acids is 1. The van der Waals surface area contributed by atoms with Crippen LogP contribution in [0.4, 0.5) is 0 Å². The van der Waals surface area contributed by atoms with Crippen LogP contribution < -0.4 is 10.0 Å². The number of nitrogens with one attached hydrogen (secondary N) is 2. The second-order valence-electron chi connectivity index (χ2n) is 6.26. The minimum atomic E-state index is -3.64. The van der Waals surface area contributed by atoms with Gasteiger partial charge in [0.25, 0.3) is 5.91 Å². The number of hydrogen-bond donors (Lipinski definition) is 2. The first-order chi connectivity index (χ1) is 11.4. The van der Waals surface area contributed by atoms with Gasteiger partial charge in [-0.15, -0.1) is 0 Å². The molecule has 1 aromatic rings. The largest absolute Gasteiger partial charge is 0.349 e. The van der Waals surface area contributed by atoms with Crippen molar-refractivity contribution in [2.75, 3.05) is 6.54 Å². The SMILES string of the molecule is CC1CCC(NC(=O)c2ccc(S(=O)(=O)NCCC#N)cc2)CC1. The van der Waals surface area contributed by atoms with Gasteiger partial charge in [-0.2, -0.15) is 5.26 Å². The number of nitriles is 1. The molecule has 1 amide bonds. The van der Waals surface area contributed by atoms with Gasteiger partial charge in [0.1, 0.15) is 0 Å². The molecular weight excluding hydrogens is 326 g/mol. The van der Waals surface area contributed by atoms with Crippen LogP contribution in [0.15, 0.2) is 29.2 Å². The number of benzene rings is 1. The molecular formula is C17H23N3O3S. The summed E-state index contributed by atoms with van der Waals surface area (Å²) < 4.78 is 26.4. The van der Waals surface area contributed by atoms with Crippen molar-refractivity contribution in [3.05, 3.63) is 29.8 Å². The maximum atomic E-state index is 12.3. The van der Waals surface area contributed by atoms with Gasteiger partial charge in [-0.3, -0.25) is 4.79 Å². The Morgan fingerprint density at radius 2 is 1.83 bits per heavy atom. The van der Waals surface area contributed by atoms with E-state index in [1.807, 2.05) is 6.07 Å². The fraction of sp³-hybridized carbons (Fsp3) is 0.529. The van der Waals surface area contributed by atoms with Crippen molar-refractivity contribution in [2.24, 2.45) is 5.92 Å². The van der Waals surface area contributed by atoms with Crippen molar-refractivity contribution >= 4 is 15.9 Å². The summed E-state index contributed by atoms with van der Waals surface area (Å²) in [5.41, 5.74) is 0.449. The first-order valence-corrected chi connectivity index (χ1v) is 9.68. The molecule has 7 heteroatoms. The molecule has 0 radical (unpaired) electrons. The molecule has 1 saturated carbocycles. The highest BCUT2D eigenvalue weighted by molar-refractivity contribution is 7.89. The Bertz CT molecular complexity index is 700. The fourth-order valence-electron chi connectivity index (χ4n) is 2.78. The average molecular weight is 349 g/mol. The highest BCUT2D eigenvalue weighted by atomic mass is 32.2. The van der Waals surface area contributed by atoms with Gasteiger partial charge in [0.15, 0.2) is 0 Å². The lowest BCUT2D eigenvalue weighted by atomic mass is 9.87. The number of rotatable bonds is 6. The van der Waals surface area contributed by atoms with Gasteiger partial charge in [-0.25, -0.2) is 13.1 Å². The molecule has 1 fully saturated rings. The molecule has 0 spiro atoms. The van der Waals surface area contributed by atoms with Crippen molar-refractivity contribution in [3.63, 3.8) is 0 Å². The summed E-state index contributed by atoms with van der Waals surface area (Å²) in [5.74, 6) is 0.548. The number of sulfonamides is 1. The number of carbonyl (C=O) groups is 1. The molecule has 0 bridgehead atoms. The Labute approximate surface area is 143 Å². The molecule has 2 rings (SSSR count). The predicted octanol–water partition coefficient (Wildman–Crippen LogP) is 2.19. The number of nitrogens with zero attached hydrogens (tertiary/aromatic N) is 1. The van der Waals surface area contributed by atoms with E-state index in [1.165, 1.54) is 24.3 Å². The minimum Gasteiger partial charge on any atom is -0.349 e. The van der Waals surface area contributed by atoms with Gasteiger partial charge < -0.3 is 5.32 Å². The van der Waals surface area contributed by atoms with E-state index in [0.717, 1.165) is 31.6 Å². The van der Waals surface area contributed by atoms with Crippen molar-refractivity contribution < 1.29 is 13.2 Å². The van der Waals surface area contributed by atoms with Gasteiger partial charge in [-0.1, -0.05) is 6.92 Å². The molecule has 130 valence electrons. The topological polar surface area (TPSA) is 99.1 Å². The summed E-state index contributed by atoms with van der Waals surface area (Å²) in [6.45, 7) is 2.29. The molecule has 0 atom stereocenters. The molecule has 24 heavy (non-hydrogen) atoms. The second-order valence-corrected chi connectivity index (χ2v) is 8.03. The predicted molar refractivity (Wildman–Crippen MR) is 90.7 cm³/mol. The average Bonchev–Trinajstić information content (AvgIpc) is 2.57. The molecule has 2 N–H and O–H groups in total. The summed E-state index contributed by atoms with van der Waals surface area (Å²) >= 11 is 0. The van der Waals surface area contributed by atoms with Gasteiger partial charge in [0, 0.05) is 24.6 Å². The molecule has 0 unspecified atom stereocenters. The van der Waals surface area contributed by atoms with Crippen LogP contribution in [0.1, 0.15) is 49.4 Å². The monoisotopic (exact) mass is 349 g/mol. The standard InChI is InChI=1S/C17H23N3O3S/c1-13-3-7-15(8-4-13)20-17(21)14-5-9-16(10-6-14)24(22,23)19-12-2-11-18/h5-6,9-10,13,15,19H,2-4,7-8,12H2,1H3,(H,20,21). The first-order valence-electron chi connectivity index (χ1n) is 8.20. The van der Waals surface area contributed by atoms with Crippen LogP contribution in [-0.2, 0) is 10.0 Å². The van der Waals surface area contributed by atoms with E-state index in [1.54, 1.807) is 0 Å². The zero-order valence-corrected chi connectivity index (χ0v) is 14.6. The van der Waals surface area contributed by atoms with Crippen LogP contribution in [0.2, 0.25) is 0 Å². The highest BCUT2D eigenvalue weighted by Crippen LogP contribution is 2.23. The quantitative estimate of drug-likeness (QED) is 0.769. The van der Waals surface area contributed by atoms with Crippen LogP contribution in [-0.4, -0.2) is 26.9 Å². The maximum absolute atomic E-state index is 12.3. The second kappa shape index (κ2) is 8.27. The van der Waals surface area contributed by atoms with E-state index in [2.05, 4.69) is 17.0 Å². The first kappa shape index (κ1) is 18.4. The third-order valence-corrected chi connectivity index (χ3v) is 5.78. The molecule has 1 aliphatic rings. The zero-order valence-electron chi connectivity index (χ0n) is 13.8. The maximum Gasteiger partial charge on any atom is 0.251 e. The lowest BCUT2D eigenvalue weighted by Gasteiger charge is -2.26. The summed E-state index contributed by atoms with van der Waals surface area (Å²) in [5, 5.41) is 11.5. The lowest BCUT2D eigenvalue weighted by molar-refractivity contribution is 0.0923. The van der Waals surface area contributed by atoms with Crippen molar-refractivity contribution in [1.82, 2.24) is 10.0 Å². The highest BCUT2D eigenvalue weighted by Gasteiger charge is 2.20. The zero-order chi connectivity index (χ0) is 17.6. The van der Waals surface area contributed by atoms with Gasteiger partial charge in [-0.05, 0) is 55.9 Å². The Kier molecular flexibility index (Phi) is 6.35. The van der Waals surface area contributed by atoms with Crippen molar-refractivity contribution in [3.8, 4) is 6.07 Å². The summed E-state index contributed by atoms with van der Waals surface area (Å²) in [7, 11) is -3.64. The molecule has 1 aromatic carbocycles. The molecule has 0 aromatic heterocycles. The van der Waals surface area contributed by atoms with Crippen LogP contribution in [0.25, 0.3) is 0 Å². The third-order valence-electron chi connectivity index (χ3n) is 4.31. The van der Waals surface area contributed by atoms with Crippen LogP contribution in [0, 0.1) is 17.2 Å². The van der Waals surface area contributed by atoms with Crippen molar-refractivity contribution in [1.29, 1.82) is 5.26 Å². The smallest absolute Gasteiger partial charge is 0.251 e. The van der Waals surface area contributed by atoms with Crippen LogP contribution in [0.5, 0.6) is 0 Å². The summed E-state index contributed by atoms with van der Waals surface area (Å²) in [4.78, 5) is 12.3. The number of hydrogen-bond acceptors (Lipinski definition) is 4. The third kappa shape index (κ3) is 5.05. The van der Waals surface area contributed by atoms with E-state index < -0.39 is 10.0 Å². The van der Waals surface area contributed by atoms with E-state index in [4.69, 9.17) is 5.26 Å². The van der Waals surface area contributed by atoms with Gasteiger partial charge >= 0.3 is 0 Å².